The molecule has 0 atom stereocenters. The Morgan fingerprint density at radius 1 is 1.00 bits per heavy atom. The Morgan fingerprint density at radius 2 is 1.70 bits per heavy atom. The molecule has 0 aromatic heterocycles. The molecule has 4 heteroatoms. The van der Waals surface area contributed by atoms with Gasteiger partial charge in [-0.3, -0.25) is 4.79 Å². The highest BCUT2D eigenvalue weighted by Crippen LogP contribution is 2.20. The predicted octanol–water partition coefficient (Wildman–Crippen LogP) is 3.13. The lowest BCUT2D eigenvalue weighted by Gasteiger charge is -2.11. The zero-order valence-corrected chi connectivity index (χ0v) is 13.9. The monoisotopic (exact) mass is 313 g/mol. The van der Waals surface area contributed by atoms with Gasteiger partial charge >= 0.3 is 0 Å². The van der Waals surface area contributed by atoms with Crippen molar-refractivity contribution in [2.24, 2.45) is 0 Å². The normalized spacial score (nSPS) is 10.2. The van der Waals surface area contributed by atoms with Crippen LogP contribution in [-0.4, -0.2) is 20.1 Å². The minimum absolute atomic E-state index is 0.0147. The van der Waals surface area contributed by atoms with E-state index in [0.29, 0.717) is 13.0 Å². The fourth-order valence-corrected chi connectivity index (χ4v) is 2.38. The summed E-state index contributed by atoms with van der Waals surface area (Å²) in [5, 5.41) is 2.95. The SMILES string of the molecule is CCc1ccc(OC)c(CNC(=O)Cc2ccc(OC)cc2)c1. The highest BCUT2D eigenvalue weighted by atomic mass is 16.5. The van der Waals surface area contributed by atoms with Crippen LogP contribution < -0.4 is 14.8 Å². The molecule has 0 unspecified atom stereocenters. The molecule has 23 heavy (non-hydrogen) atoms. The first-order valence-corrected chi connectivity index (χ1v) is 7.71. The van der Waals surface area contributed by atoms with Crippen molar-refractivity contribution in [3.05, 3.63) is 59.2 Å². The van der Waals surface area contributed by atoms with E-state index in [9.17, 15) is 4.79 Å². The standard InChI is InChI=1S/C19H23NO3/c1-4-14-7-10-18(23-3)16(11-14)13-20-19(21)12-15-5-8-17(22-2)9-6-15/h5-11H,4,12-13H2,1-3H3,(H,20,21). The van der Waals surface area contributed by atoms with E-state index < -0.39 is 0 Å². The largest absolute Gasteiger partial charge is 0.497 e. The van der Waals surface area contributed by atoms with Gasteiger partial charge in [-0.05, 0) is 35.7 Å². The van der Waals surface area contributed by atoms with Gasteiger partial charge in [0.05, 0.1) is 20.6 Å². The molecule has 0 aliphatic rings. The number of benzene rings is 2. The summed E-state index contributed by atoms with van der Waals surface area (Å²) in [7, 11) is 3.27. The summed E-state index contributed by atoms with van der Waals surface area (Å²) in [6, 6.07) is 13.6. The van der Waals surface area contributed by atoms with E-state index in [2.05, 4.69) is 18.3 Å². The number of carbonyl (C=O) groups is 1. The van der Waals surface area contributed by atoms with Crippen LogP contribution in [0.5, 0.6) is 11.5 Å². The summed E-state index contributed by atoms with van der Waals surface area (Å²) in [5.74, 6) is 1.57. The molecular formula is C19H23NO3. The zero-order valence-electron chi connectivity index (χ0n) is 13.9. The van der Waals surface area contributed by atoms with Crippen molar-refractivity contribution < 1.29 is 14.3 Å². The Hall–Kier alpha value is -2.49. The van der Waals surface area contributed by atoms with Gasteiger partial charge < -0.3 is 14.8 Å². The molecule has 0 saturated heterocycles. The quantitative estimate of drug-likeness (QED) is 0.854. The number of amides is 1. The van der Waals surface area contributed by atoms with Crippen molar-refractivity contribution in [3.8, 4) is 11.5 Å². The fourth-order valence-electron chi connectivity index (χ4n) is 2.38. The van der Waals surface area contributed by atoms with Gasteiger partial charge in [0.1, 0.15) is 11.5 Å². The maximum atomic E-state index is 12.1. The lowest BCUT2D eigenvalue weighted by Crippen LogP contribution is -2.24. The number of hydrogen-bond acceptors (Lipinski definition) is 3. The number of hydrogen-bond donors (Lipinski definition) is 1. The van der Waals surface area contributed by atoms with Crippen molar-refractivity contribution in [2.45, 2.75) is 26.3 Å². The molecule has 2 aromatic carbocycles. The Balaban J connectivity index is 1.95. The van der Waals surface area contributed by atoms with Crippen LogP contribution in [0, 0.1) is 0 Å². The molecule has 0 heterocycles. The first-order chi connectivity index (χ1) is 11.2. The molecule has 0 aliphatic heterocycles. The second kappa shape index (κ2) is 8.22. The van der Waals surface area contributed by atoms with Gasteiger partial charge in [-0.15, -0.1) is 0 Å². The van der Waals surface area contributed by atoms with Crippen LogP contribution in [0.4, 0.5) is 0 Å². The molecule has 1 amide bonds. The van der Waals surface area contributed by atoms with Gasteiger partial charge in [0.25, 0.3) is 0 Å². The molecule has 2 aromatic rings. The second-order valence-electron chi connectivity index (χ2n) is 5.30. The Bertz CT molecular complexity index is 650. The van der Waals surface area contributed by atoms with Gasteiger partial charge in [0.15, 0.2) is 0 Å². The maximum absolute atomic E-state index is 12.1. The third kappa shape index (κ3) is 4.74. The van der Waals surface area contributed by atoms with Crippen molar-refractivity contribution in [3.63, 3.8) is 0 Å². The predicted molar refractivity (Wildman–Crippen MR) is 90.9 cm³/mol. The maximum Gasteiger partial charge on any atom is 0.224 e. The molecule has 2 rings (SSSR count). The van der Waals surface area contributed by atoms with E-state index in [0.717, 1.165) is 29.0 Å². The number of methoxy groups -OCH3 is 2. The summed E-state index contributed by atoms with van der Waals surface area (Å²) >= 11 is 0. The minimum Gasteiger partial charge on any atom is -0.497 e. The fraction of sp³-hybridized carbons (Fsp3) is 0.316. The first kappa shape index (κ1) is 16.9. The van der Waals surface area contributed by atoms with E-state index in [1.807, 2.05) is 36.4 Å². The summed E-state index contributed by atoms with van der Waals surface area (Å²) in [6.45, 7) is 2.57. The third-order valence-electron chi connectivity index (χ3n) is 3.75. The summed E-state index contributed by atoms with van der Waals surface area (Å²) in [5.41, 5.74) is 3.18. The average Bonchev–Trinajstić information content (AvgIpc) is 2.60. The zero-order chi connectivity index (χ0) is 16.7. The third-order valence-corrected chi connectivity index (χ3v) is 3.75. The molecule has 0 fully saturated rings. The van der Waals surface area contributed by atoms with E-state index >= 15 is 0 Å². The molecular weight excluding hydrogens is 290 g/mol. The van der Waals surface area contributed by atoms with Crippen molar-refractivity contribution in [2.75, 3.05) is 14.2 Å². The van der Waals surface area contributed by atoms with Gasteiger partial charge in [0.2, 0.25) is 5.91 Å². The number of rotatable bonds is 7. The number of carbonyl (C=O) groups excluding carboxylic acids is 1. The molecule has 0 radical (unpaired) electrons. The molecule has 1 N–H and O–H groups in total. The van der Waals surface area contributed by atoms with Crippen molar-refractivity contribution in [1.82, 2.24) is 5.32 Å². The van der Waals surface area contributed by atoms with Crippen LogP contribution in [-0.2, 0) is 24.2 Å². The van der Waals surface area contributed by atoms with Gasteiger partial charge in [-0.1, -0.05) is 31.2 Å². The number of aryl methyl sites for hydroxylation is 1. The lowest BCUT2D eigenvalue weighted by molar-refractivity contribution is -0.120. The van der Waals surface area contributed by atoms with Gasteiger partial charge in [0, 0.05) is 12.1 Å². The molecule has 0 aliphatic carbocycles. The van der Waals surface area contributed by atoms with Crippen LogP contribution in [0.2, 0.25) is 0 Å². The van der Waals surface area contributed by atoms with Crippen molar-refractivity contribution >= 4 is 5.91 Å². The molecule has 4 nitrogen and oxygen atoms in total. The van der Waals surface area contributed by atoms with E-state index in [-0.39, 0.29) is 5.91 Å². The van der Waals surface area contributed by atoms with Crippen LogP contribution in [0.3, 0.4) is 0 Å². The Labute approximate surface area is 137 Å². The second-order valence-corrected chi connectivity index (χ2v) is 5.30. The Kier molecular flexibility index (Phi) is 6.03. The Morgan fingerprint density at radius 3 is 2.30 bits per heavy atom. The van der Waals surface area contributed by atoms with E-state index in [1.165, 1.54) is 5.56 Å². The highest BCUT2D eigenvalue weighted by molar-refractivity contribution is 5.78. The number of ether oxygens (including phenoxy) is 2. The van der Waals surface area contributed by atoms with E-state index in [4.69, 9.17) is 9.47 Å². The summed E-state index contributed by atoms with van der Waals surface area (Å²) < 4.78 is 10.5. The summed E-state index contributed by atoms with van der Waals surface area (Å²) in [4.78, 5) is 12.1. The highest BCUT2D eigenvalue weighted by Gasteiger charge is 2.07. The molecule has 0 saturated carbocycles. The average molecular weight is 313 g/mol. The van der Waals surface area contributed by atoms with Gasteiger partial charge in [-0.25, -0.2) is 0 Å². The van der Waals surface area contributed by atoms with Crippen molar-refractivity contribution in [1.29, 1.82) is 0 Å². The number of nitrogens with one attached hydrogen (secondary N) is 1. The van der Waals surface area contributed by atoms with Crippen LogP contribution in [0.15, 0.2) is 42.5 Å². The minimum atomic E-state index is -0.0147. The van der Waals surface area contributed by atoms with Crippen LogP contribution in [0.1, 0.15) is 23.6 Å². The molecule has 0 spiro atoms. The van der Waals surface area contributed by atoms with Crippen LogP contribution >= 0.6 is 0 Å². The van der Waals surface area contributed by atoms with Crippen LogP contribution in [0.25, 0.3) is 0 Å². The smallest absolute Gasteiger partial charge is 0.224 e. The summed E-state index contributed by atoms with van der Waals surface area (Å²) in [6.07, 6.45) is 1.30. The first-order valence-electron chi connectivity index (χ1n) is 7.71. The molecule has 122 valence electrons. The van der Waals surface area contributed by atoms with Gasteiger partial charge in [-0.2, -0.15) is 0 Å². The van der Waals surface area contributed by atoms with E-state index in [1.54, 1.807) is 14.2 Å². The lowest BCUT2D eigenvalue weighted by atomic mass is 10.1. The topological polar surface area (TPSA) is 47.6 Å². The molecule has 0 bridgehead atoms.